The van der Waals surface area contributed by atoms with E-state index in [2.05, 4.69) is 4.72 Å². The van der Waals surface area contributed by atoms with Crippen molar-refractivity contribution < 1.29 is 21.0 Å². The lowest BCUT2D eigenvalue weighted by molar-refractivity contribution is 0.483. The summed E-state index contributed by atoms with van der Waals surface area (Å²) in [5.41, 5.74) is 0.722. The maximum Gasteiger partial charge on any atom is 0.309 e. The molecule has 0 spiro atoms. The minimum atomic E-state index is -3.56. The molecule has 0 unspecified atom stereocenters. The van der Waals surface area contributed by atoms with Gasteiger partial charge in [0.05, 0.1) is 5.75 Å². The summed E-state index contributed by atoms with van der Waals surface area (Å²) in [4.78, 5) is 0. The fourth-order valence-electron chi connectivity index (χ4n) is 1.54. The Labute approximate surface area is 121 Å². The fourth-order valence-corrected chi connectivity index (χ4v) is 2.89. The molecule has 114 valence electrons. The standard InChI is InChI=1S/C12H19NO5S2/c1-2-3-4-9-20(16,17)18-12-7-5-11(6-8-12)10-13-19(14)15/h5-8,19H,2-4,9-10H2,1H3,(H,13,14,15). The molecule has 0 aliphatic heterocycles. The normalized spacial score (nSPS) is 11.7. The topological polar surface area (TPSA) is 89.5 Å². The highest BCUT2D eigenvalue weighted by molar-refractivity contribution is 7.87. The summed E-state index contributed by atoms with van der Waals surface area (Å²) in [5.74, 6) is 0.234. The summed E-state index contributed by atoms with van der Waals surface area (Å²) in [7, 11) is -6.20. The number of hydrogen-bond acceptors (Lipinski definition) is 5. The van der Waals surface area contributed by atoms with Crippen LogP contribution in [0.4, 0.5) is 0 Å². The van der Waals surface area contributed by atoms with Crippen LogP contribution < -0.4 is 8.91 Å². The quantitative estimate of drug-likeness (QED) is 0.405. The molecule has 0 fully saturated rings. The van der Waals surface area contributed by atoms with E-state index < -0.39 is 21.0 Å². The van der Waals surface area contributed by atoms with Crippen molar-refractivity contribution in [3.63, 3.8) is 0 Å². The van der Waals surface area contributed by atoms with E-state index in [9.17, 15) is 16.8 Å². The molecule has 8 heteroatoms. The summed E-state index contributed by atoms with van der Waals surface area (Å²) in [6, 6.07) is 6.24. The van der Waals surface area contributed by atoms with E-state index in [1.807, 2.05) is 6.92 Å². The number of thiol groups is 1. The van der Waals surface area contributed by atoms with E-state index in [0.717, 1.165) is 18.4 Å². The minimum absolute atomic E-state index is 0.000798. The molecule has 0 saturated heterocycles. The van der Waals surface area contributed by atoms with Crippen LogP contribution >= 0.6 is 0 Å². The molecule has 0 amide bonds. The summed E-state index contributed by atoms with van der Waals surface area (Å²) < 4.78 is 51.3. The van der Waals surface area contributed by atoms with Crippen LogP contribution in [0.25, 0.3) is 0 Å². The first-order valence-corrected chi connectivity index (χ1v) is 9.07. The van der Waals surface area contributed by atoms with Crippen LogP contribution in [0.2, 0.25) is 0 Å². The molecule has 1 rings (SSSR count). The molecule has 0 atom stereocenters. The zero-order chi connectivity index (χ0) is 15.0. The Morgan fingerprint density at radius 1 is 1.15 bits per heavy atom. The van der Waals surface area contributed by atoms with Gasteiger partial charge in [0.2, 0.25) is 10.9 Å². The molecular weight excluding hydrogens is 302 g/mol. The fraction of sp³-hybridized carbons (Fsp3) is 0.500. The first-order valence-electron chi connectivity index (χ1n) is 6.32. The van der Waals surface area contributed by atoms with Crippen molar-refractivity contribution in [3.8, 4) is 5.75 Å². The molecule has 6 nitrogen and oxygen atoms in total. The van der Waals surface area contributed by atoms with Gasteiger partial charge >= 0.3 is 10.1 Å². The van der Waals surface area contributed by atoms with Crippen molar-refractivity contribution in [1.82, 2.24) is 4.72 Å². The molecule has 1 N–H and O–H groups in total. The average Bonchev–Trinajstić information content (AvgIpc) is 2.37. The van der Waals surface area contributed by atoms with E-state index in [1.54, 1.807) is 12.1 Å². The highest BCUT2D eigenvalue weighted by Crippen LogP contribution is 2.15. The minimum Gasteiger partial charge on any atom is -0.382 e. The number of benzene rings is 1. The van der Waals surface area contributed by atoms with Gasteiger partial charge in [0, 0.05) is 6.54 Å². The van der Waals surface area contributed by atoms with Gasteiger partial charge in [-0.25, -0.2) is 13.1 Å². The van der Waals surface area contributed by atoms with Gasteiger partial charge in [-0.2, -0.15) is 8.42 Å². The molecule has 0 aliphatic rings. The van der Waals surface area contributed by atoms with Gasteiger partial charge in [-0.05, 0) is 24.1 Å². The monoisotopic (exact) mass is 321 g/mol. The van der Waals surface area contributed by atoms with Gasteiger partial charge in [-0.3, -0.25) is 0 Å². The van der Waals surface area contributed by atoms with Crippen molar-refractivity contribution in [2.24, 2.45) is 0 Å². The molecule has 0 heterocycles. The van der Waals surface area contributed by atoms with E-state index in [0.29, 0.717) is 6.42 Å². The highest BCUT2D eigenvalue weighted by atomic mass is 32.2. The molecular formula is C12H19NO5S2. The van der Waals surface area contributed by atoms with Crippen molar-refractivity contribution >= 4 is 21.0 Å². The van der Waals surface area contributed by atoms with Crippen LogP contribution in [0.5, 0.6) is 5.75 Å². The maximum atomic E-state index is 11.7. The Hall–Kier alpha value is -1.12. The van der Waals surface area contributed by atoms with Crippen molar-refractivity contribution in [2.75, 3.05) is 5.75 Å². The number of hydrogen-bond donors (Lipinski definition) is 2. The van der Waals surface area contributed by atoms with Crippen molar-refractivity contribution in [1.29, 1.82) is 0 Å². The molecule has 0 saturated carbocycles. The Morgan fingerprint density at radius 3 is 2.35 bits per heavy atom. The second kappa shape index (κ2) is 8.23. The zero-order valence-electron chi connectivity index (χ0n) is 11.2. The molecule has 20 heavy (non-hydrogen) atoms. The predicted molar refractivity (Wildman–Crippen MR) is 77.5 cm³/mol. The lowest BCUT2D eigenvalue weighted by Gasteiger charge is -2.07. The summed E-state index contributed by atoms with van der Waals surface area (Å²) in [6.45, 7) is 2.16. The second-order valence-corrected chi connectivity index (χ2v) is 6.81. The second-order valence-electron chi connectivity index (χ2n) is 4.29. The lowest BCUT2D eigenvalue weighted by Crippen LogP contribution is -2.14. The number of rotatable bonds is 9. The molecule has 1 aromatic carbocycles. The van der Waals surface area contributed by atoms with Crippen LogP contribution in [0.15, 0.2) is 24.3 Å². The van der Waals surface area contributed by atoms with Gasteiger partial charge in [-0.1, -0.05) is 31.9 Å². The molecule has 0 bridgehead atoms. The third kappa shape index (κ3) is 6.88. The van der Waals surface area contributed by atoms with Gasteiger partial charge in [0.1, 0.15) is 5.75 Å². The summed E-state index contributed by atoms with van der Waals surface area (Å²) in [5, 5.41) is 0. The zero-order valence-corrected chi connectivity index (χ0v) is 13.0. The third-order valence-corrected chi connectivity index (χ3v) is 4.21. The van der Waals surface area contributed by atoms with Crippen LogP contribution in [0.3, 0.4) is 0 Å². The van der Waals surface area contributed by atoms with Gasteiger partial charge in [0.15, 0.2) is 0 Å². The van der Waals surface area contributed by atoms with E-state index >= 15 is 0 Å². The van der Waals surface area contributed by atoms with Crippen LogP contribution in [0, 0.1) is 0 Å². The lowest BCUT2D eigenvalue weighted by atomic mass is 10.2. The van der Waals surface area contributed by atoms with Gasteiger partial charge < -0.3 is 4.18 Å². The number of unbranched alkanes of at least 4 members (excludes halogenated alkanes) is 2. The van der Waals surface area contributed by atoms with Crippen LogP contribution in [-0.4, -0.2) is 22.6 Å². The molecule has 1 aromatic rings. The number of nitrogens with one attached hydrogen (secondary N) is 1. The van der Waals surface area contributed by atoms with Crippen molar-refractivity contribution in [3.05, 3.63) is 29.8 Å². The van der Waals surface area contributed by atoms with Crippen LogP contribution in [-0.2, 0) is 27.6 Å². The Kier molecular flexibility index (Phi) is 6.97. The summed E-state index contributed by atoms with van der Waals surface area (Å²) >= 11 is 0. The molecule has 0 radical (unpaired) electrons. The molecule has 0 aromatic heterocycles. The van der Waals surface area contributed by atoms with E-state index in [-0.39, 0.29) is 18.0 Å². The van der Waals surface area contributed by atoms with Gasteiger partial charge in [-0.15, -0.1) is 0 Å². The predicted octanol–water partition coefficient (Wildman–Crippen LogP) is 1.20. The van der Waals surface area contributed by atoms with Crippen molar-refractivity contribution in [2.45, 2.75) is 32.7 Å². The average molecular weight is 321 g/mol. The van der Waals surface area contributed by atoms with Gasteiger partial charge in [0.25, 0.3) is 0 Å². The first-order chi connectivity index (χ1) is 9.43. The van der Waals surface area contributed by atoms with Crippen LogP contribution in [0.1, 0.15) is 31.7 Å². The smallest absolute Gasteiger partial charge is 0.309 e. The maximum absolute atomic E-state index is 11.7. The SMILES string of the molecule is CCCCCS(=O)(=O)Oc1ccc(CN[SH](=O)=O)cc1. The summed E-state index contributed by atoms with van der Waals surface area (Å²) in [6.07, 6.45) is 2.37. The largest absolute Gasteiger partial charge is 0.382 e. The Morgan fingerprint density at radius 2 is 1.80 bits per heavy atom. The third-order valence-electron chi connectivity index (χ3n) is 2.56. The van der Waals surface area contributed by atoms with E-state index in [1.165, 1.54) is 12.1 Å². The van der Waals surface area contributed by atoms with E-state index in [4.69, 9.17) is 4.18 Å². The highest BCUT2D eigenvalue weighted by Gasteiger charge is 2.12. The first kappa shape index (κ1) is 16.9. The Bertz CT molecular complexity index is 570. The Balaban J connectivity index is 2.56. The molecule has 0 aliphatic carbocycles.